The Kier molecular flexibility index (Phi) is 41.9. The first kappa shape index (κ1) is 44.2. The van der Waals surface area contributed by atoms with Gasteiger partial charge in [0.05, 0.1) is 22.0 Å². The van der Waals surface area contributed by atoms with Gasteiger partial charge in [0.25, 0.3) is 0 Å². The minimum atomic E-state index is -4.32. The number of aliphatic hydroxyl groups excluding tert-OH is 4. The molecule has 0 heterocycles. The van der Waals surface area contributed by atoms with Gasteiger partial charge in [-0.2, -0.15) is 0 Å². The monoisotopic (exact) mass is 543 g/mol. The normalized spacial score (nSPS) is 10.6. The van der Waals surface area contributed by atoms with Gasteiger partial charge in [0, 0.05) is 38.2 Å². The van der Waals surface area contributed by atoms with Gasteiger partial charge >= 0.3 is 37.0 Å². The Hall–Kier alpha value is -0.840. The Balaban J connectivity index is -0.0000000850. The average Bonchev–Trinajstić information content (AvgIpc) is 2.71. The molecule has 1 unspecified atom stereocenters. The minimum Gasteiger partial charge on any atom is -0.748 e. The molecule has 0 aromatic carbocycles. The van der Waals surface area contributed by atoms with Crippen molar-refractivity contribution in [2.24, 2.45) is 0 Å². The van der Waals surface area contributed by atoms with Crippen molar-refractivity contribution in [2.45, 2.75) is 83.7 Å². The Labute approximate surface area is 230 Å². The molecule has 1 atom stereocenters. The fraction of sp³-hybridized carbons (Fsp3) is 0.850. The summed E-state index contributed by atoms with van der Waals surface area (Å²) in [6, 6.07) is 0. The smallest absolute Gasteiger partial charge is 0.748 e. The quantitative estimate of drug-likeness (QED) is 0.0694. The van der Waals surface area contributed by atoms with E-state index in [0.717, 1.165) is 6.42 Å². The molecule has 0 aliphatic heterocycles. The number of carboxylic acids is 3. The van der Waals surface area contributed by atoms with Gasteiger partial charge in [-0.25, -0.2) is 8.42 Å². The summed E-state index contributed by atoms with van der Waals surface area (Å²) in [6.45, 7) is 1.82. The number of carbonyl (C=O) groups excluding carboxylic acids is 2. The molecule has 0 aromatic heterocycles. The molecule has 0 aromatic rings. The van der Waals surface area contributed by atoms with Crippen molar-refractivity contribution >= 4 is 28.0 Å². The predicted octanol–water partition coefficient (Wildman–Crippen LogP) is -5.16. The van der Waals surface area contributed by atoms with Crippen molar-refractivity contribution < 1.29 is 94.1 Å². The first-order valence-corrected chi connectivity index (χ1v) is 12.4. The molecule has 15 heteroatoms. The number of carbonyl (C=O) groups is 3. The van der Waals surface area contributed by atoms with Crippen molar-refractivity contribution in [3.63, 3.8) is 0 Å². The van der Waals surface area contributed by atoms with E-state index in [2.05, 4.69) is 0 Å². The van der Waals surface area contributed by atoms with E-state index in [4.69, 9.17) is 25.5 Å². The molecule has 0 aliphatic rings. The summed E-state index contributed by atoms with van der Waals surface area (Å²) < 4.78 is 30.3. The molecule has 13 nitrogen and oxygen atoms in total. The number of unbranched alkanes of at least 4 members (excludes halogenated alkanes) is 4. The van der Waals surface area contributed by atoms with Crippen LogP contribution in [-0.2, 0) is 24.5 Å². The summed E-state index contributed by atoms with van der Waals surface area (Å²) >= 11 is 0. The fourth-order valence-corrected chi connectivity index (χ4v) is 2.39. The van der Waals surface area contributed by atoms with Gasteiger partial charge in [-0.05, 0) is 57.8 Å². The molecule has 0 bridgehead atoms. The van der Waals surface area contributed by atoms with Crippen LogP contribution in [0, 0.1) is 0 Å². The third-order valence-electron chi connectivity index (χ3n) is 3.47. The molecule has 0 aliphatic carbocycles. The van der Waals surface area contributed by atoms with Crippen molar-refractivity contribution in [1.82, 2.24) is 0 Å². The maximum Gasteiger partial charge on any atom is 1.00 e. The van der Waals surface area contributed by atoms with Gasteiger partial charge in [0.1, 0.15) is 0 Å². The van der Waals surface area contributed by atoms with E-state index in [1.165, 1.54) is 0 Å². The molecule has 0 fully saturated rings. The zero-order valence-electron chi connectivity index (χ0n) is 21.6. The van der Waals surface area contributed by atoms with Crippen molar-refractivity contribution in [1.29, 1.82) is 0 Å². The van der Waals surface area contributed by atoms with Crippen LogP contribution < -0.4 is 39.8 Å². The molecule has 0 saturated heterocycles. The molecule has 0 saturated carbocycles. The van der Waals surface area contributed by atoms with E-state index in [-0.39, 0.29) is 76.5 Å². The second kappa shape index (κ2) is 33.2. The van der Waals surface area contributed by atoms with Gasteiger partial charge < -0.3 is 49.9 Å². The molecular weight excluding hydrogens is 503 g/mol. The second-order valence-corrected chi connectivity index (χ2v) is 8.25. The molecule has 206 valence electrons. The number of aliphatic carboxylic acids is 3. The number of carboxylic acid groups (broad SMARTS) is 3. The molecule has 0 rings (SSSR count). The van der Waals surface area contributed by atoms with E-state index in [9.17, 15) is 37.6 Å². The Morgan fingerprint density at radius 2 is 1.14 bits per heavy atom. The van der Waals surface area contributed by atoms with Crippen molar-refractivity contribution in [2.75, 3.05) is 25.6 Å². The first-order chi connectivity index (χ1) is 15.8. The Morgan fingerprint density at radius 1 is 0.800 bits per heavy atom. The van der Waals surface area contributed by atoms with E-state index >= 15 is 0 Å². The van der Waals surface area contributed by atoms with Gasteiger partial charge in [-0.1, -0.05) is 13.3 Å². The van der Waals surface area contributed by atoms with Crippen LogP contribution >= 0.6 is 0 Å². The van der Waals surface area contributed by atoms with Crippen molar-refractivity contribution in [3.05, 3.63) is 0 Å². The first-order valence-electron chi connectivity index (χ1n) is 10.8. The fourth-order valence-electron chi connectivity index (χ4n) is 1.75. The summed E-state index contributed by atoms with van der Waals surface area (Å²) in [6.07, 6.45) is 3.69. The summed E-state index contributed by atoms with van der Waals surface area (Å²) in [5.74, 6) is -3.53. The van der Waals surface area contributed by atoms with Crippen LogP contribution in [0.1, 0.15) is 79.0 Å². The second-order valence-electron chi connectivity index (χ2n) is 6.80. The zero-order valence-corrected chi connectivity index (χ0v) is 23.4. The van der Waals surface area contributed by atoms with Gasteiger partial charge in [-0.15, -0.1) is 0 Å². The number of hydrogen-bond acceptors (Lipinski definition) is 12. The third kappa shape index (κ3) is 65.6. The van der Waals surface area contributed by atoms with E-state index in [1.54, 1.807) is 6.92 Å². The predicted molar refractivity (Wildman–Crippen MR) is 117 cm³/mol. The standard InChI is InChI=1S/C6H14O5S.C6H12O3.C5H10O3.C3H6O2.Na/c7-4-2-1-3-6(8)5-12(9,10)11;7-5-3-1-2-4-6(8)9;6-4-2-1-3-5(7)8;1-2-3(4)5;/h6-8H,1-5H2,(H,9,10,11);7H,1-5H2,(H,8,9);6H,1-4H2,(H,7,8);2H2,1H3,(H,4,5);/q;;;;+1/p-2. The maximum atomic E-state index is 10.1. The summed E-state index contributed by atoms with van der Waals surface area (Å²) in [5.41, 5.74) is 0. The minimum absolute atomic E-state index is 0. The summed E-state index contributed by atoms with van der Waals surface area (Å²) in [5, 5.41) is 60.9. The SMILES string of the molecule is CCC(=O)O.O=C([O-])CCCCCO.O=C([O-])CCCCO.O=S(=O)([O-])CC(O)CCCCO.[H+].[Na+]. The zero-order chi connectivity index (χ0) is 27.4. The van der Waals surface area contributed by atoms with Crippen LogP contribution in [-0.4, -0.2) is 88.1 Å². The van der Waals surface area contributed by atoms with Gasteiger partial charge in [-0.3, -0.25) is 4.79 Å². The summed E-state index contributed by atoms with van der Waals surface area (Å²) in [4.78, 5) is 28.8. The van der Waals surface area contributed by atoms with Crippen molar-refractivity contribution in [3.8, 4) is 0 Å². The average molecular weight is 544 g/mol. The number of hydrogen-bond donors (Lipinski definition) is 5. The van der Waals surface area contributed by atoms with Crippen LogP contribution in [0.5, 0.6) is 0 Å². The van der Waals surface area contributed by atoms with E-state index in [0.29, 0.717) is 38.5 Å². The molecule has 0 spiro atoms. The van der Waals surface area contributed by atoms with Crippen LogP contribution in [0.4, 0.5) is 0 Å². The van der Waals surface area contributed by atoms with Crippen LogP contribution in [0.2, 0.25) is 0 Å². The maximum absolute atomic E-state index is 10.1. The Morgan fingerprint density at radius 3 is 1.46 bits per heavy atom. The molecule has 0 amide bonds. The molecule has 35 heavy (non-hydrogen) atoms. The third-order valence-corrected chi connectivity index (χ3v) is 4.27. The van der Waals surface area contributed by atoms with Gasteiger partial charge in [0.2, 0.25) is 0 Å². The number of aliphatic hydroxyl groups is 4. The molecule has 5 N–H and O–H groups in total. The van der Waals surface area contributed by atoms with E-state index < -0.39 is 39.9 Å². The van der Waals surface area contributed by atoms with Gasteiger partial charge in [0.15, 0.2) is 0 Å². The molecule has 0 radical (unpaired) electrons. The largest absolute Gasteiger partial charge is 1.00 e. The number of rotatable bonds is 16. The van der Waals surface area contributed by atoms with Crippen LogP contribution in [0.25, 0.3) is 0 Å². The molecular formula is C20H40NaO13S-. The topological polar surface area (TPSA) is 256 Å². The van der Waals surface area contributed by atoms with E-state index in [1.807, 2.05) is 0 Å². The summed E-state index contributed by atoms with van der Waals surface area (Å²) in [7, 11) is -4.32. The van der Waals surface area contributed by atoms with Crippen LogP contribution in [0.3, 0.4) is 0 Å². The van der Waals surface area contributed by atoms with Crippen LogP contribution in [0.15, 0.2) is 0 Å². The Bertz CT molecular complexity index is 592.